The number of benzene rings is 2. The number of carbonyl (C=O) groups is 1. The van der Waals surface area contributed by atoms with E-state index in [4.69, 9.17) is 5.73 Å². The zero-order valence-electron chi connectivity index (χ0n) is 11.6. The summed E-state index contributed by atoms with van der Waals surface area (Å²) in [6.07, 6.45) is 0. The molecule has 20 heavy (non-hydrogen) atoms. The molecule has 2 rings (SSSR count). The van der Waals surface area contributed by atoms with E-state index in [0.717, 1.165) is 11.3 Å². The average Bonchev–Trinajstić information content (AvgIpc) is 2.48. The molecule has 2 N–H and O–H groups in total. The highest BCUT2D eigenvalue weighted by atomic mass is 19.1. The van der Waals surface area contributed by atoms with Crippen molar-refractivity contribution in [2.45, 2.75) is 13.5 Å². The normalized spacial score (nSPS) is 10.4. The fourth-order valence-electron chi connectivity index (χ4n) is 2.04. The van der Waals surface area contributed by atoms with Crippen LogP contribution < -0.4 is 10.6 Å². The molecular formula is C16H17FN2O. The van der Waals surface area contributed by atoms with E-state index < -0.39 is 0 Å². The molecule has 0 aromatic heterocycles. The Balaban J connectivity index is 2.34. The van der Waals surface area contributed by atoms with Crippen LogP contribution in [0.5, 0.6) is 0 Å². The number of carbonyl (C=O) groups excluding carboxylic acids is 1. The maximum absolute atomic E-state index is 13.6. The van der Waals surface area contributed by atoms with Gasteiger partial charge in [0, 0.05) is 24.8 Å². The van der Waals surface area contributed by atoms with Gasteiger partial charge in [-0.25, -0.2) is 4.39 Å². The van der Waals surface area contributed by atoms with Crippen molar-refractivity contribution in [1.29, 1.82) is 0 Å². The van der Waals surface area contributed by atoms with Crippen LogP contribution >= 0.6 is 0 Å². The number of aryl methyl sites for hydroxylation is 1. The Bertz CT molecular complexity index is 640. The largest absolute Gasteiger partial charge is 0.326 e. The summed E-state index contributed by atoms with van der Waals surface area (Å²) in [6.45, 7) is 2.01. The maximum Gasteiger partial charge on any atom is 0.258 e. The van der Waals surface area contributed by atoms with Crippen LogP contribution in [0.3, 0.4) is 0 Å². The highest BCUT2D eigenvalue weighted by molar-refractivity contribution is 6.06. The van der Waals surface area contributed by atoms with Crippen LogP contribution in [0.4, 0.5) is 10.1 Å². The summed E-state index contributed by atoms with van der Waals surface area (Å²) < 4.78 is 13.6. The van der Waals surface area contributed by atoms with Crippen molar-refractivity contribution in [2.75, 3.05) is 11.9 Å². The van der Waals surface area contributed by atoms with Crippen molar-refractivity contribution < 1.29 is 9.18 Å². The number of hydrogen-bond acceptors (Lipinski definition) is 2. The molecule has 0 radical (unpaired) electrons. The minimum Gasteiger partial charge on any atom is -0.326 e. The van der Waals surface area contributed by atoms with Crippen molar-refractivity contribution in [3.05, 3.63) is 65.0 Å². The van der Waals surface area contributed by atoms with Crippen LogP contribution in [0.2, 0.25) is 0 Å². The summed E-state index contributed by atoms with van der Waals surface area (Å²) in [4.78, 5) is 13.9. The minimum absolute atomic E-state index is 0.259. The second-order valence-corrected chi connectivity index (χ2v) is 4.66. The Labute approximate surface area is 117 Å². The summed E-state index contributed by atoms with van der Waals surface area (Å²) in [5.41, 5.74) is 8.12. The summed E-state index contributed by atoms with van der Waals surface area (Å²) in [5, 5.41) is 0. The molecule has 0 spiro atoms. The molecule has 0 aliphatic rings. The van der Waals surface area contributed by atoms with E-state index >= 15 is 0 Å². The number of hydrogen-bond donors (Lipinski definition) is 1. The number of nitrogens with two attached hydrogens (primary N) is 1. The van der Waals surface area contributed by atoms with Gasteiger partial charge in [-0.3, -0.25) is 4.79 Å². The van der Waals surface area contributed by atoms with Crippen LogP contribution in [0, 0.1) is 12.7 Å². The minimum atomic E-state index is -0.378. The lowest BCUT2D eigenvalue weighted by Gasteiger charge is -2.20. The Morgan fingerprint density at radius 2 is 1.95 bits per heavy atom. The van der Waals surface area contributed by atoms with Crippen LogP contribution in [-0.4, -0.2) is 13.0 Å². The van der Waals surface area contributed by atoms with E-state index in [1.807, 2.05) is 24.3 Å². The molecule has 2 aromatic rings. The number of rotatable bonds is 3. The fraction of sp³-hybridized carbons (Fsp3) is 0.188. The van der Waals surface area contributed by atoms with Gasteiger partial charge in [0.25, 0.3) is 5.91 Å². The van der Waals surface area contributed by atoms with Gasteiger partial charge in [-0.2, -0.15) is 0 Å². The van der Waals surface area contributed by atoms with Gasteiger partial charge in [0.2, 0.25) is 0 Å². The molecule has 0 fully saturated rings. The van der Waals surface area contributed by atoms with Gasteiger partial charge in [-0.15, -0.1) is 0 Å². The lowest BCUT2D eigenvalue weighted by molar-refractivity contribution is 0.0992. The van der Waals surface area contributed by atoms with E-state index in [2.05, 4.69) is 0 Å². The third-order valence-electron chi connectivity index (χ3n) is 3.30. The van der Waals surface area contributed by atoms with Crippen molar-refractivity contribution >= 4 is 11.6 Å². The van der Waals surface area contributed by atoms with E-state index in [1.54, 1.807) is 26.1 Å². The molecule has 0 saturated heterocycles. The van der Waals surface area contributed by atoms with Crippen LogP contribution in [0.15, 0.2) is 42.5 Å². The monoisotopic (exact) mass is 272 g/mol. The van der Waals surface area contributed by atoms with Gasteiger partial charge < -0.3 is 10.6 Å². The highest BCUT2D eigenvalue weighted by Gasteiger charge is 2.16. The third-order valence-corrected chi connectivity index (χ3v) is 3.30. The molecule has 2 aromatic carbocycles. The Morgan fingerprint density at radius 1 is 1.25 bits per heavy atom. The quantitative estimate of drug-likeness (QED) is 0.934. The number of para-hydroxylation sites is 1. The molecule has 1 amide bonds. The lowest BCUT2D eigenvalue weighted by Crippen LogP contribution is -2.27. The van der Waals surface area contributed by atoms with Gasteiger partial charge >= 0.3 is 0 Å². The van der Waals surface area contributed by atoms with E-state index in [0.29, 0.717) is 17.7 Å². The van der Waals surface area contributed by atoms with Crippen molar-refractivity contribution in [1.82, 2.24) is 0 Å². The fourth-order valence-corrected chi connectivity index (χ4v) is 2.04. The molecule has 0 atom stereocenters. The Kier molecular flexibility index (Phi) is 4.15. The first kappa shape index (κ1) is 14.2. The first-order valence-corrected chi connectivity index (χ1v) is 6.36. The number of amides is 1. The predicted molar refractivity (Wildman–Crippen MR) is 78.2 cm³/mol. The van der Waals surface area contributed by atoms with Gasteiger partial charge in [0.05, 0.1) is 0 Å². The number of anilines is 1. The molecule has 0 aliphatic heterocycles. The molecule has 3 nitrogen and oxygen atoms in total. The summed E-state index contributed by atoms with van der Waals surface area (Å²) in [6, 6.07) is 11.9. The summed E-state index contributed by atoms with van der Waals surface area (Å²) in [7, 11) is 1.66. The number of nitrogens with zero attached hydrogens (tertiary/aromatic N) is 1. The first-order valence-electron chi connectivity index (χ1n) is 6.36. The average molecular weight is 272 g/mol. The van der Waals surface area contributed by atoms with E-state index in [9.17, 15) is 9.18 Å². The van der Waals surface area contributed by atoms with E-state index in [-0.39, 0.29) is 11.7 Å². The van der Waals surface area contributed by atoms with Crippen molar-refractivity contribution in [2.24, 2.45) is 5.73 Å². The first-order chi connectivity index (χ1) is 9.54. The molecular weight excluding hydrogens is 255 g/mol. The molecule has 4 heteroatoms. The van der Waals surface area contributed by atoms with Crippen molar-refractivity contribution in [3.63, 3.8) is 0 Å². The molecule has 0 unspecified atom stereocenters. The third kappa shape index (κ3) is 2.70. The zero-order chi connectivity index (χ0) is 14.7. The van der Waals surface area contributed by atoms with Gasteiger partial charge in [0.15, 0.2) is 0 Å². The lowest BCUT2D eigenvalue weighted by atomic mass is 10.1. The maximum atomic E-state index is 13.6. The smallest absolute Gasteiger partial charge is 0.258 e. The Morgan fingerprint density at radius 3 is 2.60 bits per heavy atom. The zero-order valence-corrected chi connectivity index (χ0v) is 11.6. The van der Waals surface area contributed by atoms with Crippen LogP contribution in [0.25, 0.3) is 0 Å². The van der Waals surface area contributed by atoms with Gasteiger partial charge in [-0.1, -0.05) is 24.3 Å². The molecule has 0 heterocycles. The molecule has 0 bridgehead atoms. The molecule has 0 aliphatic carbocycles. The van der Waals surface area contributed by atoms with Crippen molar-refractivity contribution in [3.8, 4) is 0 Å². The molecule has 104 valence electrons. The highest BCUT2D eigenvalue weighted by Crippen LogP contribution is 2.21. The van der Waals surface area contributed by atoms with Crippen LogP contribution in [-0.2, 0) is 6.54 Å². The van der Waals surface area contributed by atoms with E-state index in [1.165, 1.54) is 11.0 Å². The second-order valence-electron chi connectivity index (χ2n) is 4.66. The number of halogens is 1. The van der Waals surface area contributed by atoms with Crippen LogP contribution in [0.1, 0.15) is 21.5 Å². The Hall–Kier alpha value is -2.20. The molecule has 0 saturated carbocycles. The standard InChI is InChI=1S/C16H17FN2O/c1-11-7-8-12(9-14(11)17)16(20)19(2)15-6-4-3-5-13(15)10-18/h3-9H,10,18H2,1-2H3. The predicted octanol–water partition coefficient (Wildman–Crippen LogP) is 2.87. The summed E-state index contributed by atoms with van der Waals surface area (Å²) in [5.74, 6) is -0.638. The SMILES string of the molecule is Cc1ccc(C(=O)N(C)c2ccccc2CN)cc1F. The topological polar surface area (TPSA) is 46.3 Å². The summed E-state index contributed by atoms with van der Waals surface area (Å²) >= 11 is 0. The van der Waals surface area contributed by atoms with Gasteiger partial charge in [-0.05, 0) is 36.2 Å². The second kappa shape index (κ2) is 5.84. The van der Waals surface area contributed by atoms with Gasteiger partial charge in [0.1, 0.15) is 5.82 Å².